The molecule has 0 aromatic rings. The van der Waals surface area contributed by atoms with Crippen LogP contribution in [-0.4, -0.2) is 12.7 Å². The number of carbonyl (C=O) groups excluding carboxylic acids is 1. The van der Waals surface area contributed by atoms with Gasteiger partial charge in [0.15, 0.2) is 0 Å². The Morgan fingerprint density at radius 2 is 2.38 bits per heavy atom. The molecule has 0 aromatic carbocycles. The predicted molar refractivity (Wildman–Crippen MR) is 32.5 cm³/mol. The molecule has 0 spiro atoms. The maximum atomic E-state index is 9.71. The molecule has 3 nitrogen and oxygen atoms in total. The van der Waals surface area contributed by atoms with Crippen LogP contribution in [0.3, 0.4) is 0 Å². The molecule has 0 rings (SSSR count). The van der Waals surface area contributed by atoms with E-state index in [1.165, 1.54) is 6.08 Å². The molecule has 0 fully saturated rings. The van der Waals surface area contributed by atoms with Gasteiger partial charge in [0.05, 0.1) is 0 Å². The van der Waals surface area contributed by atoms with E-state index in [0.717, 1.165) is 0 Å². The van der Waals surface area contributed by atoms with Gasteiger partial charge in [0.2, 0.25) is 0 Å². The maximum Gasteiger partial charge on any atom is 0.404 e. The highest BCUT2D eigenvalue weighted by Gasteiger charge is 1.84. The van der Waals surface area contributed by atoms with E-state index >= 15 is 0 Å². The van der Waals surface area contributed by atoms with E-state index in [-0.39, 0.29) is 14.0 Å². The van der Waals surface area contributed by atoms with Crippen LogP contribution in [0, 0.1) is 0 Å². The summed E-state index contributed by atoms with van der Waals surface area (Å²) in [7, 11) is 0. The molecule has 48 valence electrons. The molecule has 0 saturated heterocycles. The van der Waals surface area contributed by atoms with Crippen molar-refractivity contribution in [1.82, 2.24) is 0 Å². The first kappa shape index (κ1) is 10.1. The van der Waals surface area contributed by atoms with E-state index in [0.29, 0.717) is 0 Å². The van der Waals surface area contributed by atoms with Crippen molar-refractivity contribution in [1.29, 1.82) is 0 Å². The van der Waals surface area contributed by atoms with E-state index in [1.807, 2.05) is 0 Å². The molecular weight excluding hydrogens is 106 g/mol. The molecule has 0 atom stereocenters. The third-order valence-corrected chi connectivity index (χ3v) is 0.343. The van der Waals surface area contributed by atoms with Gasteiger partial charge in [-0.05, 0) is 0 Å². The molecule has 8 heavy (non-hydrogen) atoms. The number of nitrogens with two attached hydrogens (primary N) is 1. The molecule has 0 heterocycles. The van der Waals surface area contributed by atoms with Gasteiger partial charge in [-0.25, -0.2) is 4.79 Å². The summed E-state index contributed by atoms with van der Waals surface area (Å²) in [5.74, 6) is 0. The number of rotatable bonds is 2. The van der Waals surface area contributed by atoms with Gasteiger partial charge in [0.25, 0.3) is 0 Å². The Morgan fingerprint density at radius 1 is 1.88 bits per heavy atom. The van der Waals surface area contributed by atoms with Crippen molar-refractivity contribution in [3.8, 4) is 0 Å². The lowest BCUT2D eigenvalue weighted by atomic mass is 10.7. The van der Waals surface area contributed by atoms with Crippen LogP contribution in [0.4, 0.5) is 4.79 Å². The Labute approximate surface area is 49.1 Å². The van der Waals surface area contributed by atoms with E-state index < -0.39 is 6.09 Å². The second kappa shape index (κ2) is 6.01. The zero-order valence-electron chi connectivity index (χ0n) is 3.89. The molecule has 0 bridgehead atoms. The van der Waals surface area contributed by atoms with Crippen molar-refractivity contribution in [2.24, 2.45) is 5.73 Å². The highest BCUT2D eigenvalue weighted by molar-refractivity contribution is 5.64. The average molecular weight is 117 g/mol. The van der Waals surface area contributed by atoms with Crippen LogP contribution >= 0.6 is 0 Å². The summed E-state index contributed by atoms with van der Waals surface area (Å²) in [5.41, 5.74) is 4.57. The number of hydrogen-bond acceptors (Lipinski definition) is 2. The van der Waals surface area contributed by atoms with Gasteiger partial charge in [-0.15, -0.1) is 0 Å². The van der Waals surface area contributed by atoms with Gasteiger partial charge in [-0.3, -0.25) is 0 Å². The van der Waals surface area contributed by atoms with E-state index in [1.54, 1.807) is 0 Å². The van der Waals surface area contributed by atoms with Gasteiger partial charge in [0, 0.05) is 0 Å². The molecule has 2 N–H and O–H groups in total. The first-order valence-electron chi connectivity index (χ1n) is 1.80. The lowest BCUT2D eigenvalue weighted by molar-refractivity contribution is 0.169. The number of carbonyl (C=O) groups is 1. The SMILES string of the molecule is C.C=CCOC(N)=O. The van der Waals surface area contributed by atoms with Gasteiger partial charge in [-0.2, -0.15) is 0 Å². The molecule has 1 amide bonds. The summed E-state index contributed by atoms with van der Waals surface area (Å²) in [6.45, 7) is 3.49. The molecule has 0 unspecified atom stereocenters. The van der Waals surface area contributed by atoms with Gasteiger partial charge in [-0.1, -0.05) is 20.1 Å². The van der Waals surface area contributed by atoms with Gasteiger partial charge >= 0.3 is 6.09 Å². The topological polar surface area (TPSA) is 52.3 Å². The summed E-state index contributed by atoms with van der Waals surface area (Å²) >= 11 is 0. The van der Waals surface area contributed by atoms with Gasteiger partial charge in [0.1, 0.15) is 6.61 Å². The van der Waals surface area contributed by atoms with Crippen LogP contribution < -0.4 is 5.73 Å². The highest BCUT2D eigenvalue weighted by Crippen LogP contribution is 1.70. The fourth-order valence-electron chi connectivity index (χ4n) is 0.141. The van der Waals surface area contributed by atoms with Crippen molar-refractivity contribution in [3.63, 3.8) is 0 Å². The first-order valence-corrected chi connectivity index (χ1v) is 1.80. The zero-order chi connectivity index (χ0) is 5.70. The quantitative estimate of drug-likeness (QED) is 0.546. The fourth-order valence-corrected chi connectivity index (χ4v) is 0.141. The molecular formula is C5H11NO2. The minimum Gasteiger partial charge on any atom is -0.445 e. The van der Waals surface area contributed by atoms with Crippen molar-refractivity contribution in [3.05, 3.63) is 12.7 Å². The molecule has 0 aliphatic rings. The second-order valence-electron chi connectivity index (χ2n) is 0.919. The third-order valence-electron chi connectivity index (χ3n) is 0.343. The number of hydrogen-bond donors (Lipinski definition) is 1. The Morgan fingerprint density at radius 3 is 2.50 bits per heavy atom. The Hall–Kier alpha value is -0.990. The van der Waals surface area contributed by atoms with E-state index in [4.69, 9.17) is 0 Å². The lowest BCUT2D eigenvalue weighted by Crippen LogP contribution is -2.12. The van der Waals surface area contributed by atoms with Crippen LogP contribution in [0.15, 0.2) is 12.7 Å². The summed E-state index contributed by atoms with van der Waals surface area (Å²) in [6.07, 6.45) is 0.685. The van der Waals surface area contributed by atoms with Crippen LogP contribution in [0.5, 0.6) is 0 Å². The Bertz CT molecular complexity index is 80.5. The smallest absolute Gasteiger partial charge is 0.404 e. The summed E-state index contributed by atoms with van der Waals surface area (Å²) in [4.78, 5) is 9.71. The maximum absolute atomic E-state index is 9.71. The minimum absolute atomic E-state index is 0. The van der Waals surface area contributed by atoms with E-state index in [2.05, 4.69) is 17.0 Å². The Kier molecular flexibility index (Phi) is 7.58. The molecule has 0 aromatic heterocycles. The van der Waals surface area contributed by atoms with Crippen LogP contribution in [0.1, 0.15) is 7.43 Å². The highest BCUT2D eigenvalue weighted by atomic mass is 16.5. The fraction of sp³-hybridized carbons (Fsp3) is 0.400. The first-order chi connectivity index (χ1) is 3.27. The molecule has 0 aliphatic heterocycles. The molecule has 0 radical (unpaired) electrons. The van der Waals surface area contributed by atoms with Crippen molar-refractivity contribution < 1.29 is 9.53 Å². The van der Waals surface area contributed by atoms with Crippen LogP contribution in [0.2, 0.25) is 0 Å². The third kappa shape index (κ3) is 8.89. The van der Waals surface area contributed by atoms with Crippen molar-refractivity contribution in [2.45, 2.75) is 7.43 Å². The van der Waals surface area contributed by atoms with Crippen molar-refractivity contribution in [2.75, 3.05) is 6.61 Å². The minimum atomic E-state index is -0.764. The average Bonchev–Trinajstić information content (AvgIpc) is 1.61. The largest absolute Gasteiger partial charge is 0.445 e. The summed E-state index contributed by atoms with van der Waals surface area (Å²) < 4.78 is 4.21. The zero-order valence-corrected chi connectivity index (χ0v) is 3.89. The number of ether oxygens (including phenoxy) is 1. The molecule has 0 aliphatic carbocycles. The summed E-state index contributed by atoms with van der Waals surface area (Å²) in [6, 6.07) is 0. The standard InChI is InChI=1S/C4H7NO2.CH4/c1-2-3-7-4(5)6;/h2H,1,3H2,(H2,5,6);1H4. The summed E-state index contributed by atoms with van der Waals surface area (Å²) in [5, 5.41) is 0. The second-order valence-corrected chi connectivity index (χ2v) is 0.919. The normalized spacial score (nSPS) is 6.50. The Balaban J connectivity index is 0. The van der Waals surface area contributed by atoms with Crippen LogP contribution in [-0.2, 0) is 4.74 Å². The van der Waals surface area contributed by atoms with Crippen LogP contribution in [0.25, 0.3) is 0 Å². The predicted octanol–water partition coefficient (Wildman–Crippen LogP) is 0.904. The van der Waals surface area contributed by atoms with Crippen molar-refractivity contribution >= 4 is 6.09 Å². The lowest BCUT2D eigenvalue weighted by Gasteiger charge is -1.90. The monoisotopic (exact) mass is 117 g/mol. The molecule has 0 saturated carbocycles. The van der Waals surface area contributed by atoms with E-state index in [9.17, 15) is 4.79 Å². The molecule has 3 heteroatoms. The van der Waals surface area contributed by atoms with Gasteiger partial charge < -0.3 is 10.5 Å². The number of amides is 1. The number of primary amides is 1.